The van der Waals surface area contributed by atoms with E-state index < -0.39 is 53.8 Å². The van der Waals surface area contributed by atoms with E-state index in [1.54, 1.807) is 0 Å². The third kappa shape index (κ3) is 6.35. The Kier molecular flexibility index (Phi) is 7.43. The Balaban J connectivity index is 2.08. The molecule has 1 heterocycles. The number of hydrogen-bond acceptors (Lipinski definition) is 5. The first-order chi connectivity index (χ1) is 16.4. The summed E-state index contributed by atoms with van der Waals surface area (Å²) in [5, 5.41) is 14.5. The van der Waals surface area contributed by atoms with Crippen molar-refractivity contribution in [2.75, 3.05) is 0 Å². The summed E-state index contributed by atoms with van der Waals surface area (Å²) in [4.78, 5) is 25.3. The molecule has 0 aliphatic rings. The summed E-state index contributed by atoms with van der Waals surface area (Å²) in [6, 6.07) is 9.23. The third-order valence-electron chi connectivity index (χ3n) is 4.42. The summed E-state index contributed by atoms with van der Waals surface area (Å²) >= 11 is 0. The first-order valence-corrected chi connectivity index (χ1v) is 9.53. The van der Waals surface area contributed by atoms with E-state index in [-0.39, 0.29) is 16.9 Å². The molecule has 3 aromatic rings. The molecule has 1 amide bonds. The van der Waals surface area contributed by atoms with E-state index >= 15 is 0 Å². The summed E-state index contributed by atoms with van der Waals surface area (Å²) in [6.45, 7) is 0. The number of aliphatic hydroxyl groups excluding tert-OH is 1. The second-order valence-corrected chi connectivity index (χ2v) is 6.91. The molecule has 3 rings (SSSR count). The van der Waals surface area contributed by atoms with Gasteiger partial charge in [-0.05, 0) is 48.5 Å². The molecule has 14 heteroatoms. The lowest BCUT2D eigenvalue weighted by Gasteiger charge is -2.17. The standard InChI is InChI=1S/C21H14F7N3O4/c22-11-2-1-3-12(8-11)31-20(34)14(19(33)29-18(25)16(32)17(23)24)9-15(30-31)10-4-6-13(7-5-10)35-21(26,27)28/h1-9,16-18,32H,(H,29,33). The molecule has 2 atom stereocenters. The Hall–Kier alpha value is -3.94. The van der Waals surface area contributed by atoms with Gasteiger partial charge in [0.1, 0.15) is 17.1 Å². The number of nitrogens with zero attached hydrogens (tertiary/aromatic N) is 2. The van der Waals surface area contributed by atoms with Crippen molar-refractivity contribution in [3.63, 3.8) is 0 Å². The SMILES string of the molecule is O=C(NC(F)C(O)C(F)F)c1cc(-c2ccc(OC(F)(F)F)cc2)nn(-c2cccc(F)c2)c1=O. The van der Waals surface area contributed by atoms with Crippen molar-refractivity contribution in [2.24, 2.45) is 0 Å². The fourth-order valence-electron chi connectivity index (χ4n) is 2.82. The van der Waals surface area contributed by atoms with E-state index in [9.17, 15) is 40.3 Å². The van der Waals surface area contributed by atoms with Gasteiger partial charge in [-0.25, -0.2) is 17.6 Å². The van der Waals surface area contributed by atoms with Crippen LogP contribution in [0, 0.1) is 5.82 Å². The van der Waals surface area contributed by atoms with Gasteiger partial charge in [0.15, 0.2) is 6.10 Å². The minimum absolute atomic E-state index is 0.0585. The van der Waals surface area contributed by atoms with Crippen molar-refractivity contribution in [1.82, 2.24) is 15.1 Å². The van der Waals surface area contributed by atoms with Gasteiger partial charge in [-0.3, -0.25) is 9.59 Å². The number of ether oxygens (including phenoxy) is 1. The van der Waals surface area contributed by atoms with E-state index in [2.05, 4.69) is 9.84 Å². The predicted octanol–water partition coefficient (Wildman–Crippen LogP) is 3.59. The van der Waals surface area contributed by atoms with Gasteiger partial charge in [0.2, 0.25) is 6.30 Å². The molecule has 0 saturated carbocycles. The quantitative estimate of drug-likeness (QED) is 0.378. The van der Waals surface area contributed by atoms with Crippen molar-refractivity contribution >= 4 is 5.91 Å². The average molecular weight is 505 g/mol. The van der Waals surface area contributed by atoms with Gasteiger partial charge in [-0.2, -0.15) is 9.78 Å². The van der Waals surface area contributed by atoms with Crippen LogP contribution in [0.1, 0.15) is 10.4 Å². The number of amides is 1. The van der Waals surface area contributed by atoms with Gasteiger partial charge < -0.3 is 15.2 Å². The average Bonchev–Trinajstić information content (AvgIpc) is 2.78. The molecule has 0 saturated heterocycles. The lowest BCUT2D eigenvalue weighted by Crippen LogP contribution is -2.45. The monoisotopic (exact) mass is 505 g/mol. The third-order valence-corrected chi connectivity index (χ3v) is 4.42. The van der Waals surface area contributed by atoms with Crippen LogP contribution in [0.15, 0.2) is 59.4 Å². The molecule has 35 heavy (non-hydrogen) atoms. The molecule has 0 fully saturated rings. The Labute approximate surface area is 191 Å². The van der Waals surface area contributed by atoms with Crippen LogP contribution in [0.5, 0.6) is 5.75 Å². The largest absolute Gasteiger partial charge is 0.573 e. The maximum Gasteiger partial charge on any atom is 0.573 e. The normalized spacial score (nSPS) is 13.4. The zero-order valence-electron chi connectivity index (χ0n) is 17.1. The van der Waals surface area contributed by atoms with E-state index in [0.717, 1.165) is 42.5 Å². The fraction of sp³-hybridized carbons (Fsp3) is 0.190. The van der Waals surface area contributed by atoms with Crippen LogP contribution < -0.4 is 15.6 Å². The Morgan fingerprint density at radius 2 is 1.71 bits per heavy atom. The molecule has 2 unspecified atom stereocenters. The molecule has 0 aliphatic heterocycles. The van der Waals surface area contributed by atoms with Gasteiger partial charge in [-0.1, -0.05) is 6.07 Å². The molecule has 0 radical (unpaired) electrons. The van der Waals surface area contributed by atoms with E-state index in [0.29, 0.717) is 4.68 Å². The van der Waals surface area contributed by atoms with Crippen LogP contribution >= 0.6 is 0 Å². The Bertz CT molecular complexity index is 1260. The second-order valence-electron chi connectivity index (χ2n) is 6.91. The molecular formula is C21H14F7N3O4. The highest BCUT2D eigenvalue weighted by atomic mass is 19.4. The molecule has 0 spiro atoms. The number of alkyl halides is 6. The van der Waals surface area contributed by atoms with Crippen LogP contribution in [0.4, 0.5) is 30.7 Å². The fourth-order valence-corrected chi connectivity index (χ4v) is 2.82. The molecule has 2 aromatic carbocycles. The molecule has 0 bridgehead atoms. The van der Waals surface area contributed by atoms with Crippen molar-refractivity contribution in [3.8, 4) is 22.7 Å². The molecule has 7 nitrogen and oxygen atoms in total. The first kappa shape index (κ1) is 25.7. The maximum absolute atomic E-state index is 13.9. The van der Waals surface area contributed by atoms with Crippen LogP contribution in [-0.4, -0.2) is 46.0 Å². The molecular weight excluding hydrogens is 491 g/mol. The van der Waals surface area contributed by atoms with Crippen molar-refractivity contribution in [2.45, 2.75) is 25.2 Å². The minimum Gasteiger partial charge on any atom is -0.406 e. The number of hydrogen-bond donors (Lipinski definition) is 2. The number of carbonyl (C=O) groups excluding carboxylic acids is 1. The molecule has 0 aliphatic carbocycles. The molecule has 186 valence electrons. The van der Waals surface area contributed by atoms with Crippen LogP contribution in [0.3, 0.4) is 0 Å². The number of benzene rings is 2. The summed E-state index contributed by atoms with van der Waals surface area (Å²) < 4.78 is 94.1. The van der Waals surface area contributed by atoms with Crippen molar-refractivity contribution in [3.05, 3.63) is 76.3 Å². The molecule has 1 aromatic heterocycles. The zero-order valence-corrected chi connectivity index (χ0v) is 17.1. The van der Waals surface area contributed by atoms with Crippen molar-refractivity contribution < 1.29 is 45.4 Å². The van der Waals surface area contributed by atoms with Gasteiger partial charge in [0.25, 0.3) is 17.9 Å². The summed E-state index contributed by atoms with van der Waals surface area (Å²) in [6.07, 6.45) is -14.3. The number of nitrogens with one attached hydrogen (secondary N) is 1. The highest BCUT2D eigenvalue weighted by molar-refractivity contribution is 5.95. The summed E-state index contributed by atoms with van der Waals surface area (Å²) in [5.41, 5.74) is -2.36. The smallest absolute Gasteiger partial charge is 0.406 e. The van der Waals surface area contributed by atoms with E-state index in [1.807, 2.05) is 0 Å². The highest BCUT2D eigenvalue weighted by Gasteiger charge is 2.31. The Morgan fingerprint density at radius 1 is 1.06 bits per heavy atom. The number of aromatic nitrogens is 2. The Morgan fingerprint density at radius 3 is 2.29 bits per heavy atom. The van der Waals surface area contributed by atoms with E-state index in [4.69, 9.17) is 5.11 Å². The number of rotatable bonds is 7. The van der Waals surface area contributed by atoms with Crippen LogP contribution in [0.25, 0.3) is 16.9 Å². The van der Waals surface area contributed by atoms with Crippen LogP contribution in [0.2, 0.25) is 0 Å². The van der Waals surface area contributed by atoms with Gasteiger partial charge >= 0.3 is 6.36 Å². The number of carbonyl (C=O) groups is 1. The summed E-state index contributed by atoms with van der Waals surface area (Å²) in [5.74, 6) is -2.88. The molecule has 2 N–H and O–H groups in total. The lowest BCUT2D eigenvalue weighted by atomic mass is 10.1. The zero-order chi connectivity index (χ0) is 25.9. The predicted molar refractivity (Wildman–Crippen MR) is 106 cm³/mol. The number of aliphatic hydroxyl groups is 1. The lowest BCUT2D eigenvalue weighted by molar-refractivity contribution is -0.274. The first-order valence-electron chi connectivity index (χ1n) is 9.53. The van der Waals surface area contributed by atoms with Crippen LogP contribution in [-0.2, 0) is 0 Å². The maximum atomic E-state index is 13.9. The number of halogens is 7. The van der Waals surface area contributed by atoms with Gasteiger partial charge in [0, 0.05) is 5.56 Å². The topological polar surface area (TPSA) is 93.4 Å². The highest BCUT2D eigenvalue weighted by Crippen LogP contribution is 2.26. The minimum atomic E-state index is -4.96. The van der Waals surface area contributed by atoms with Gasteiger partial charge in [0.05, 0.1) is 11.4 Å². The van der Waals surface area contributed by atoms with Crippen molar-refractivity contribution in [1.29, 1.82) is 0 Å². The van der Waals surface area contributed by atoms with Gasteiger partial charge in [-0.15, -0.1) is 13.2 Å². The summed E-state index contributed by atoms with van der Waals surface area (Å²) in [7, 11) is 0. The second kappa shape index (κ2) is 10.1. The van der Waals surface area contributed by atoms with E-state index in [1.165, 1.54) is 17.4 Å².